The summed E-state index contributed by atoms with van der Waals surface area (Å²) in [7, 11) is 0. The zero-order chi connectivity index (χ0) is 13.2. The molecule has 106 valence electrons. The summed E-state index contributed by atoms with van der Waals surface area (Å²) in [5.41, 5.74) is 5.40. The van der Waals surface area contributed by atoms with Crippen LogP contribution in [0.1, 0.15) is 26.2 Å². The van der Waals surface area contributed by atoms with Crippen molar-refractivity contribution < 1.29 is 9.94 Å². The van der Waals surface area contributed by atoms with Gasteiger partial charge in [-0.1, -0.05) is 5.16 Å². The van der Waals surface area contributed by atoms with E-state index in [1.165, 1.54) is 0 Å². The van der Waals surface area contributed by atoms with Crippen molar-refractivity contribution in [2.75, 3.05) is 39.4 Å². The number of amidine groups is 1. The molecule has 1 saturated heterocycles. The fraction of sp³-hybridized carbons (Fsp3) is 0.917. The smallest absolute Gasteiger partial charge is 0.139 e. The topological polar surface area (TPSA) is 83.1 Å². The second kappa shape index (κ2) is 9.13. The molecule has 1 atom stereocenters. The van der Waals surface area contributed by atoms with Gasteiger partial charge in [0, 0.05) is 32.1 Å². The van der Waals surface area contributed by atoms with Gasteiger partial charge in [-0.05, 0) is 26.3 Å². The van der Waals surface area contributed by atoms with Gasteiger partial charge in [-0.15, -0.1) is 0 Å². The van der Waals surface area contributed by atoms with E-state index in [2.05, 4.69) is 22.3 Å². The molecule has 0 saturated carbocycles. The zero-order valence-corrected chi connectivity index (χ0v) is 11.3. The molecule has 0 aromatic carbocycles. The van der Waals surface area contributed by atoms with Crippen LogP contribution in [0.2, 0.25) is 0 Å². The van der Waals surface area contributed by atoms with Crippen molar-refractivity contribution >= 4 is 5.84 Å². The first-order valence-electron chi connectivity index (χ1n) is 6.72. The molecule has 1 rings (SSSR count). The molecule has 0 aromatic heterocycles. The predicted molar refractivity (Wildman–Crippen MR) is 72.0 cm³/mol. The van der Waals surface area contributed by atoms with Gasteiger partial charge in [0.05, 0.1) is 13.2 Å². The monoisotopic (exact) mass is 258 g/mol. The van der Waals surface area contributed by atoms with E-state index in [0.29, 0.717) is 18.3 Å². The molecule has 6 nitrogen and oxygen atoms in total. The third-order valence-corrected chi connectivity index (χ3v) is 3.12. The highest BCUT2D eigenvalue weighted by molar-refractivity contribution is 5.79. The first-order valence-corrected chi connectivity index (χ1v) is 6.72. The number of oxime groups is 1. The van der Waals surface area contributed by atoms with Crippen molar-refractivity contribution in [1.29, 1.82) is 0 Å². The van der Waals surface area contributed by atoms with Gasteiger partial charge in [-0.3, -0.25) is 4.90 Å². The number of hydrogen-bond acceptors (Lipinski definition) is 5. The average molecular weight is 258 g/mol. The van der Waals surface area contributed by atoms with Crippen LogP contribution in [0.5, 0.6) is 0 Å². The first kappa shape index (κ1) is 15.2. The van der Waals surface area contributed by atoms with E-state index >= 15 is 0 Å². The summed E-state index contributed by atoms with van der Waals surface area (Å²) in [6.45, 7) is 8.04. The number of hydrogen-bond donors (Lipinski definition) is 3. The largest absolute Gasteiger partial charge is 0.409 e. The normalized spacial score (nSPS) is 19.9. The molecule has 1 heterocycles. The Hall–Kier alpha value is -0.850. The Morgan fingerprint density at radius 3 is 2.83 bits per heavy atom. The lowest BCUT2D eigenvalue weighted by Gasteiger charge is -2.29. The molecule has 1 aliphatic rings. The predicted octanol–water partition coefficient (Wildman–Crippen LogP) is 0.213. The number of nitrogens with one attached hydrogen (secondary N) is 1. The summed E-state index contributed by atoms with van der Waals surface area (Å²) in [6.07, 6.45) is 2.66. The SMILES string of the molecule is CC(CN1CCOCC1)NCCCC/C(N)=N/O. The summed E-state index contributed by atoms with van der Waals surface area (Å²) in [4.78, 5) is 2.43. The lowest BCUT2D eigenvalue weighted by Crippen LogP contribution is -2.44. The third kappa shape index (κ3) is 6.78. The molecule has 0 aromatic rings. The van der Waals surface area contributed by atoms with Crippen LogP contribution in [-0.4, -0.2) is 61.4 Å². The van der Waals surface area contributed by atoms with Gasteiger partial charge in [-0.25, -0.2) is 0 Å². The lowest BCUT2D eigenvalue weighted by molar-refractivity contribution is 0.0344. The Bertz CT molecular complexity index is 242. The Balaban J connectivity index is 1.97. The molecule has 0 amide bonds. The lowest BCUT2D eigenvalue weighted by atomic mass is 10.2. The van der Waals surface area contributed by atoms with Gasteiger partial charge in [0.2, 0.25) is 0 Å². The van der Waals surface area contributed by atoms with Crippen molar-refractivity contribution in [1.82, 2.24) is 10.2 Å². The van der Waals surface area contributed by atoms with E-state index in [1.54, 1.807) is 0 Å². The molecule has 1 aliphatic heterocycles. The van der Waals surface area contributed by atoms with Crippen LogP contribution in [-0.2, 0) is 4.74 Å². The van der Waals surface area contributed by atoms with Gasteiger partial charge >= 0.3 is 0 Å². The van der Waals surface area contributed by atoms with Gasteiger partial charge in [-0.2, -0.15) is 0 Å². The third-order valence-electron chi connectivity index (χ3n) is 3.12. The maximum Gasteiger partial charge on any atom is 0.139 e. The Labute approximate surface area is 109 Å². The van der Waals surface area contributed by atoms with Crippen LogP contribution in [0.3, 0.4) is 0 Å². The molecular formula is C12H26N4O2. The molecule has 6 heteroatoms. The summed E-state index contributed by atoms with van der Waals surface area (Å²) in [6, 6.07) is 0.493. The number of nitrogens with two attached hydrogens (primary N) is 1. The van der Waals surface area contributed by atoms with Crippen molar-refractivity contribution in [3.8, 4) is 0 Å². The minimum atomic E-state index is 0.316. The Kier molecular flexibility index (Phi) is 7.71. The molecule has 0 spiro atoms. The van der Waals surface area contributed by atoms with Gasteiger partial charge < -0.3 is 21.0 Å². The highest BCUT2D eigenvalue weighted by Crippen LogP contribution is 1.99. The van der Waals surface area contributed by atoms with Crippen molar-refractivity contribution in [3.63, 3.8) is 0 Å². The molecule has 0 radical (unpaired) electrons. The molecule has 18 heavy (non-hydrogen) atoms. The second-order valence-corrected chi connectivity index (χ2v) is 4.82. The summed E-state index contributed by atoms with van der Waals surface area (Å²) in [5, 5.41) is 14.8. The molecule has 1 unspecified atom stereocenters. The molecule has 1 fully saturated rings. The van der Waals surface area contributed by atoms with Crippen LogP contribution >= 0.6 is 0 Å². The van der Waals surface area contributed by atoms with Crippen LogP contribution in [0.15, 0.2) is 5.16 Å². The first-order chi connectivity index (χ1) is 8.72. The van der Waals surface area contributed by atoms with Crippen molar-refractivity contribution in [3.05, 3.63) is 0 Å². The van der Waals surface area contributed by atoms with E-state index in [-0.39, 0.29) is 0 Å². The van der Waals surface area contributed by atoms with Crippen LogP contribution < -0.4 is 11.1 Å². The summed E-state index contributed by atoms with van der Waals surface area (Å²) in [5.74, 6) is 0.316. The second-order valence-electron chi connectivity index (χ2n) is 4.82. The van der Waals surface area contributed by atoms with Gasteiger partial charge in [0.15, 0.2) is 0 Å². The maximum absolute atomic E-state index is 8.39. The molecular weight excluding hydrogens is 232 g/mol. The summed E-state index contributed by atoms with van der Waals surface area (Å²) >= 11 is 0. The van der Waals surface area contributed by atoms with Crippen molar-refractivity contribution in [2.24, 2.45) is 10.9 Å². The van der Waals surface area contributed by atoms with Gasteiger partial charge in [0.1, 0.15) is 5.84 Å². The quantitative estimate of drug-likeness (QED) is 0.191. The van der Waals surface area contributed by atoms with E-state index in [4.69, 9.17) is 15.7 Å². The van der Waals surface area contributed by atoms with Crippen LogP contribution in [0.4, 0.5) is 0 Å². The Morgan fingerprint density at radius 2 is 2.17 bits per heavy atom. The van der Waals surface area contributed by atoms with E-state index in [0.717, 1.165) is 52.2 Å². The fourth-order valence-electron chi connectivity index (χ4n) is 2.07. The fourth-order valence-corrected chi connectivity index (χ4v) is 2.07. The maximum atomic E-state index is 8.39. The highest BCUT2D eigenvalue weighted by atomic mass is 16.5. The number of nitrogens with zero attached hydrogens (tertiary/aromatic N) is 2. The number of ether oxygens (including phenoxy) is 1. The van der Waals surface area contributed by atoms with E-state index < -0.39 is 0 Å². The number of rotatable bonds is 8. The van der Waals surface area contributed by atoms with E-state index in [1.807, 2.05) is 0 Å². The standard InChI is InChI=1S/C12H26N4O2/c1-11(10-16-6-8-18-9-7-16)14-5-3-2-4-12(13)15-17/h11,14,17H,2-10H2,1H3,(H2,13,15). The molecule has 0 aliphatic carbocycles. The zero-order valence-electron chi connectivity index (χ0n) is 11.3. The number of unbranched alkanes of at least 4 members (excludes halogenated alkanes) is 1. The summed E-state index contributed by atoms with van der Waals surface area (Å²) < 4.78 is 5.32. The highest BCUT2D eigenvalue weighted by Gasteiger charge is 2.12. The van der Waals surface area contributed by atoms with Crippen LogP contribution in [0.25, 0.3) is 0 Å². The van der Waals surface area contributed by atoms with Gasteiger partial charge in [0.25, 0.3) is 0 Å². The molecule has 0 bridgehead atoms. The Morgan fingerprint density at radius 1 is 1.44 bits per heavy atom. The molecule has 4 N–H and O–H groups in total. The average Bonchev–Trinajstić information content (AvgIpc) is 2.39. The minimum absolute atomic E-state index is 0.316. The van der Waals surface area contributed by atoms with Crippen molar-refractivity contribution in [2.45, 2.75) is 32.2 Å². The van der Waals surface area contributed by atoms with E-state index in [9.17, 15) is 0 Å². The van der Waals surface area contributed by atoms with Crippen LogP contribution in [0, 0.1) is 0 Å². The number of morpholine rings is 1. The minimum Gasteiger partial charge on any atom is -0.409 e.